The lowest BCUT2D eigenvalue weighted by Gasteiger charge is -2.13. The standard InChI is InChI=1S/C14H13ClF3NS/c1-9(12-5-6-13(15)20-12)19-8-10-3-2-4-11(7-10)14(16,17)18/h2-7,9,19H,8H2,1H3. The number of alkyl halides is 3. The summed E-state index contributed by atoms with van der Waals surface area (Å²) in [6.07, 6.45) is -4.30. The lowest BCUT2D eigenvalue weighted by atomic mass is 10.1. The van der Waals surface area contributed by atoms with E-state index in [-0.39, 0.29) is 6.04 Å². The van der Waals surface area contributed by atoms with E-state index in [9.17, 15) is 13.2 Å². The Morgan fingerprint density at radius 3 is 2.60 bits per heavy atom. The van der Waals surface area contributed by atoms with E-state index in [0.29, 0.717) is 16.4 Å². The average Bonchev–Trinajstić information content (AvgIpc) is 2.82. The molecule has 0 aliphatic carbocycles. The monoisotopic (exact) mass is 319 g/mol. The highest BCUT2D eigenvalue weighted by molar-refractivity contribution is 7.16. The summed E-state index contributed by atoms with van der Waals surface area (Å²) >= 11 is 7.32. The molecule has 1 atom stereocenters. The Labute approximate surface area is 124 Å². The second-order valence-corrected chi connectivity index (χ2v) is 6.19. The Hall–Kier alpha value is -1.04. The van der Waals surface area contributed by atoms with Crippen molar-refractivity contribution in [3.8, 4) is 0 Å². The van der Waals surface area contributed by atoms with Crippen molar-refractivity contribution in [2.75, 3.05) is 0 Å². The van der Waals surface area contributed by atoms with Crippen molar-refractivity contribution in [2.45, 2.75) is 25.7 Å². The predicted octanol–water partition coefficient (Wildman–Crippen LogP) is 5.27. The van der Waals surface area contributed by atoms with Crippen LogP contribution in [0.3, 0.4) is 0 Å². The Kier molecular flexibility index (Phi) is 4.73. The van der Waals surface area contributed by atoms with Crippen LogP contribution in [-0.2, 0) is 12.7 Å². The highest BCUT2D eigenvalue weighted by atomic mass is 35.5. The molecule has 0 spiro atoms. The summed E-state index contributed by atoms with van der Waals surface area (Å²) in [5.74, 6) is 0. The molecule has 0 aliphatic rings. The van der Waals surface area contributed by atoms with Gasteiger partial charge in [0.15, 0.2) is 0 Å². The van der Waals surface area contributed by atoms with Gasteiger partial charge in [0.1, 0.15) is 0 Å². The van der Waals surface area contributed by atoms with Crippen molar-refractivity contribution >= 4 is 22.9 Å². The molecule has 0 bridgehead atoms. The van der Waals surface area contributed by atoms with Gasteiger partial charge in [0.2, 0.25) is 0 Å². The SMILES string of the molecule is CC(NCc1cccc(C(F)(F)F)c1)c1ccc(Cl)s1. The molecule has 0 radical (unpaired) electrons. The van der Waals surface area contributed by atoms with Crippen molar-refractivity contribution in [2.24, 2.45) is 0 Å². The molecule has 1 heterocycles. The van der Waals surface area contributed by atoms with Crippen molar-refractivity contribution in [3.05, 3.63) is 56.7 Å². The van der Waals surface area contributed by atoms with Crippen LogP contribution in [-0.4, -0.2) is 0 Å². The van der Waals surface area contributed by atoms with Crippen LogP contribution in [0.1, 0.15) is 29.0 Å². The van der Waals surface area contributed by atoms with Crippen LogP contribution < -0.4 is 5.32 Å². The van der Waals surface area contributed by atoms with Crippen LogP contribution in [0.4, 0.5) is 13.2 Å². The Morgan fingerprint density at radius 1 is 1.25 bits per heavy atom. The van der Waals surface area contributed by atoms with E-state index in [0.717, 1.165) is 10.9 Å². The smallest absolute Gasteiger partial charge is 0.305 e. The van der Waals surface area contributed by atoms with Gasteiger partial charge < -0.3 is 5.32 Å². The molecule has 0 amide bonds. The zero-order valence-electron chi connectivity index (χ0n) is 10.7. The molecule has 0 fully saturated rings. The Bertz CT molecular complexity index is 580. The van der Waals surface area contributed by atoms with E-state index < -0.39 is 11.7 Å². The molecule has 0 saturated carbocycles. The number of halogens is 4. The molecular formula is C14H13ClF3NS. The highest BCUT2D eigenvalue weighted by Gasteiger charge is 2.30. The number of nitrogens with one attached hydrogen (secondary N) is 1. The summed E-state index contributed by atoms with van der Waals surface area (Å²) in [5.41, 5.74) is -0.0158. The maximum Gasteiger partial charge on any atom is 0.416 e. The fraction of sp³-hybridized carbons (Fsp3) is 0.286. The van der Waals surface area contributed by atoms with Crippen molar-refractivity contribution in [1.29, 1.82) is 0 Å². The summed E-state index contributed by atoms with van der Waals surface area (Å²) in [6, 6.07) is 9.11. The van der Waals surface area contributed by atoms with Crippen LogP contribution in [0.25, 0.3) is 0 Å². The fourth-order valence-electron chi connectivity index (χ4n) is 1.79. The first-order valence-electron chi connectivity index (χ1n) is 6.01. The molecule has 20 heavy (non-hydrogen) atoms. The topological polar surface area (TPSA) is 12.0 Å². The van der Waals surface area contributed by atoms with Gasteiger partial charge in [-0.1, -0.05) is 29.8 Å². The van der Waals surface area contributed by atoms with E-state index in [2.05, 4.69) is 5.32 Å². The number of hydrogen-bond acceptors (Lipinski definition) is 2. The fourth-order valence-corrected chi connectivity index (χ4v) is 2.88. The predicted molar refractivity (Wildman–Crippen MR) is 76.0 cm³/mol. The van der Waals surface area contributed by atoms with Crippen LogP contribution in [0.5, 0.6) is 0 Å². The van der Waals surface area contributed by atoms with Crippen LogP contribution in [0.15, 0.2) is 36.4 Å². The zero-order chi connectivity index (χ0) is 14.8. The van der Waals surface area contributed by atoms with E-state index in [1.165, 1.54) is 23.5 Å². The average molecular weight is 320 g/mol. The van der Waals surface area contributed by atoms with Gasteiger partial charge in [-0.3, -0.25) is 0 Å². The molecule has 108 valence electrons. The van der Waals surface area contributed by atoms with Crippen LogP contribution in [0.2, 0.25) is 4.34 Å². The zero-order valence-corrected chi connectivity index (χ0v) is 12.2. The van der Waals surface area contributed by atoms with E-state index in [1.807, 2.05) is 19.1 Å². The van der Waals surface area contributed by atoms with Gasteiger partial charge in [0.25, 0.3) is 0 Å². The van der Waals surface area contributed by atoms with Gasteiger partial charge in [0.05, 0.1) is 9.90 Å². The maximum absolute atomic E-state index is 12.6. The summed E-state index contributed by atoms with van der Waals surface area (Å²) in [6.45, 7) is 2.33. The second-order valence-electron chi connectivity index (χ2n) is 4.44. The van der Waals surface area contributed by atoms with E-state index in [4.69, 9.17) is 11.6 Å². The van der Waals surface area contributed by atoms with Gasteiger partial charge in [-0.2, -0.15) is 13.2 Å². The number of hydrogen-bond donors (Lipinski definition) is 1. The third-order valence-electron chi connectivity index (χ3n) is 2.89. The molecule has 1 N–H and O–H groups in total. The minimum absolute atomic E-state index is 0.0436. The normalized spacial score (nSPS) is 13.4. The molecular weight excluding hydrogens is 307 g/mol. The van der Waals surface area contributed by atoms with Crippen molar-refractivity contribution in [1.82, 2.24) is 5.32 Å². The molecule has 0 saturated heterocycles. The van der Waals surface area contributed by atoms with Crippen molar-refractivity contribution < 1.29 is 13.2 Å². The molecule has 0 aliphatic heterocycles. The Balaban J connectivity index is 2.00. The number of benzene rings is 1. The second kappa shape index (κ2) is 6.16. The van der Waals surface area contributed by atoms with Gasteiger partial charge in [-0.15, -0.1) is 11.3 Å². The van der Waals surface area contributed by atoms with Gasteiger partial charge in [0, 0.05) is 17.5 Å². The van der Waals surface area contributed by atoms with Crippen LogP contribution in [0, 0.1) is 0 Å². The highest BCUT2D eigenvalue weighted by Crippen LogP contribution is 2.30. The summed E-state index contributed by atoms with van der Waals surface area (Å²) in [5, 5.41) is 3.19. The van der Waals surface area contributed by atoms with E-state index >= 15 is 0 Å². The molecule has 1 aromatic heterocycles. The summed E-state index contributed by atoms with van der Waals surface area (Å²) in [7, 11) is 0. The molecule has 1 aromatic carbocycles. The van der Waals surface area contributed by atoms with Gasteiger partial charge >= 0.3 is 6.18 Å². The molecule has 2 aromatic rings. The van der Waals surface area contributed by atoms with E-state index in [1.54, 1.807) is 6.07 Å². The lowest BCUT2D eigenvalue weighted by molar-refractivity contribution is -0.137. The summed E-state index contributed by atoms with van der Waals surface area (Å²) in [4.78, 5) is 1.06. The Morgan fingerprint density at radius 2 is 2.00 bits per heavy atom. The largest absolute Gasteiger partial charge is 0.416 e. The molecule has 1 unspecified atom stereocenters. The maximum atomic E-state index is 12.6. The van der Waals surface area contributed by atoms with Crippen molar-refractivity contribution in [3.63, 3.8) is 0 Å². The first-order chi connectivity index (χ1) is 9.36. The number of thiophene rings is 1. The number of rotatable bonds is 4. The van der Waals surface area contributed by atoms with Gasteiger partial charge in [-0.05, 0) is 30.7 Å². The van der Waals surface area contributed by atoms with Crippen LogP contribution >= 0.6 is 22.9 Å². The minimum Gasteiger partial charge on any atom is -0.305 e. The molecule has 6 heteroatoms. The quantitative estimate of drug-likeness (QED) is 0.809. The minimum atomic E-state index is -4.30. The van der Waals surface area contributed by atoms with Gasteiger partial charge in [-0.25, -0.2) is 0 Å². The molecule has 1 nitrogen and oxygen atoms in total. The molecule has 2 rings (SSSR count). The first-order valence-corrected chi connectivity index (χ1v) is 7.20. The summed E-state index contributed by atoms with van der Waals surface area (Å²) < 4.78 is 38.5. The lowest BCUT2D eigenvalue weighted by Crippen LogP contribution is -2.17. The third kappa shape index (κ3) is 3.98. The third-order valence-corrected chi connectivity index (χ3v) is 4.30. The first kappa shape index (κ1) is 15.4.